The Hall–Kier alpha value is -2.00. The van der Waals surface area contributed by atoms with E-state index in [1.807, 2.05) is 6.92 Å². The molecule has 26 heavy (non-hydrogen) atoms. The topological polar surface area (TPSA) is 74.8 Å². The second kappa shape index (κ2) is 8.59. The molecule has 0 saturated carbocycles. The van der Waals surface area contributed by atoms with Crippen LogP contribution in [-0.4, -0.2) is 21.6 Å². The van der Waals surface area contributed by atoms with Crippen LogP contribution in [0, 0.1) is 0 Å². The highest BCUT2D eigenvalue weighted by Gasteiger charge is 2.34. The van der Waals surface area contributed by atoms with Crippen molar-refractivity contribution in [2.75, 3.05) is 11.1 Å². The summed E-state index contributed by atoms with van der Waals surface area (Å²) in [6, 6.07) is 4.31. The van der Waals surface area contributed by atoms with Crippen LogP contribution in [0.3, 0.4) is 0 Å². The van der Waals surface area contributed by atoms with Gasteiger partial charge >= 0.3 is 6.18 Å². The molecule has 0 spiro atoms. The summed E-state index contributed by atoms with van der Waals surface area (Å²) in [7, 11) is 0. The molecule has 1 aromatic carbocycles. The quantitative estimate of drug-likeness (QED) is 0.560. The van der Waals surface area contributed by atoms with E-state index in [0.717, 1.165) is 36.4 Å². The molecule has 0 unspecified atom stereocenters. The predicted molar refractivity (Wildman–Crippen MR) is 94.7 cm³/mol. The number of amides is 1. The number of benzene rings is 1. The van der Waals surface area contributed by atoms with Crippen molar-refractivity contribution in [3.63, 3.8) is 0 Å². The lowest BCUT2D eigenvalue weighted by atomic mass is 10.1. The van der Waals surface area contributed by atoms with E-state index in [0.29, 0.717) is 12.1 Å². The molecule has 0 aliphatic carbocycles. The highest BCUT2D eigenvalue weighted by molar-refractivity contribution is 7.99. The summed E-state index contributed by atoms with van der Waals surface area (Å²) in [5, 5.41) is 2.50. The Morgan fingerprint density at radius 2 is 2.08 bits per heavy atom. The number of aryl methyl sites for hydroxylation is 1. The third-order valence-corrected chi connectivity index (χ3v) is 4.29. The smallest absolute Gasteiger partial charge is 0.325 e. The number of carbonyl (C=O) groups excluding carboxylic acids is 1. The number of thioether (sulfide) groups is 1. The third kappa shape index (κ3) is 5.77. The maximum absolute atomic E-state index is 13.0. The van der Waals surface area contributed by atoms with Crippen molar-refractivity contribution >= 4 is 35.0 Å². The molecule has 2 rings (SSSR count). The Morgan fingerprint density at radius 3 is 2.73 bits per heavy atom. The van der Waals surface area contributed by atoms with E-state index in [1.165, 1.54) is 6.07 Å². The summed E-state index contributed by atoms with van der Waals surface area (Å²) >= 11 is 6.64. The lowest BCUT2D eigenvalue weighted by Gasteiger charge is -2.14. The van der Waals surface area contributed by atoms with Gasteiger partial charge in [-0.1, -0.05) is 36.7 Å². The van der Waals surface area contributed by atoms with Crippen LogP contribution in [0.15, 0.2) is 34.2 Å². The number of alkyl halides is 3. The average Bonchev–Trinajstić information content (AvgIpc) is 2.51. The minimum absolute atomic E-state index is 0.0687. The van der Waals surface area contributed by atoms with Crippen molar-refractivity contribution in [3.8, 4) is 0 Å². The molecule has 2 aromatic rings. The number of carbonyl (C=O) groups is 1. The van der Waals surface area contributed by atoms with E-state index in [2.05, 4.69) is 15.3 Å². The summed E-state index contributed by atoms with van der Waals surface area (Å²) in [6.45, 7) is 1.94. The number of aromatic amines is 1. The number of aromatic nitrogens is 2. The Bertz CT molecular complexity index is 855. The van der Waals surface area contributed by atoms with Crippen LogP contribution in [0.2, 0.25) is 5.02 Å². The molecule has 0 radical (unpaired) electrons. The van der Waals surface area contributed by atoms with Gasteiger partial charge in [-0.05, 0) is 24.6 Å². The number of hydrogen-bond acceptors (Lipinski definition) is 4. The van der Waals surface area contributed by atoms with Crippen molar-refractivity contribution in [1.29, 1.82) is 0 Å². The van der Waals surface area contributed by atoms with Crippen molar-refractivity contribution in [1.82, 2.24) is 9.97 Å². The minimum atomic E-state index is -4.62. The van der Waals surface area contributed by atoms with Gasteiger partial charge in [0.05, 0.1) is 17.0 Å². The zero-order valence-corrected chi connectivity index (χ0v) is 15.2. The number of rotatable bonds is 6. The highest BCUT2D eigenvalue weighted by Crippen LogP contribution is 2.36. The summed E-state index contributed by atoms with van der Waals surface area (Å²) in [5.41, 5.74) is -1.16. The van der Waals surface area contributed by atoms with E-state index in [9.17, 15) is 22.8 Å². The summed E-state index contributed by atoms with van der Waals surface area (Å²) in [5.74, 6) is -0.895. The number of nitrogens with one attached hydrogen (secondary N) is 2. The number of halogens is 4. The fourth-order valence-corrected chi connectivity index (χ4v) is 2.99. The molecule has 0 atom stereocenters. The van der Waals surface area contributed by atoms with E-state index in [4.69, 9.17) is 11.6 Å². The van der Waals surface area contributed by atoms with Gasteiger partial charge in [0, 0.05) is 16.8 Å². The lowest BCUT2D eigenvalue weighted by Crippen LogP contribution is -2.19. The van der Waals surface area contributed by atoms with Crippen molar-refractivity contribution in [3.05, 3.63) is 50.9 Å². The highest BCUT2D eigenvalue weighted by atomic mass is 35.5. The summed E-state index contributed by atoms with van der Waals surface area (Å²) in [4.78, 5) is 30.3. The van der Waals surface area contributed by atoms with Crippen molar-refractivity contribution in [2.45, 2.75) is 31.1 Å². The molecular weight excluding hydrogens is 391 g/mol. The van der Waals surface area contributed by atoms with Crippen molar-refractivity contribution in [2.24, 2.45) is 0 Å². The molecular formula is C16H15ClF3N3O2S. The lowest BCUT2D eigenvalue weighted by molar-refractivity contribution is -0.137. The minimum Gasteiger partial charge on any atom is -0.325 e. The first-order valence-corrected chi connectivity index (χ1v) is 8.95. The zero-order valence-electron chi connectivity index (χ0n) is 13.6. The Balaban J connectivity index is 2.08. The van der Waals surface area contributed by atoms with E-state index in [-0.39, 0.29) is 21.5 Å². The van der Waals surface area contributed by atoms with Gasteiger partial charge in [-0.25, -0.2) is 4.98 Å². The van der Waals surface area contributed by atoms with Crippen LogP contribution in [0.1, 0.15) is 24.6 Å². The second-order valence-electron chi connectivity index (χ2n) is 5.32. The number of H-pyrrole nitrogens is 1. The van der Waals surface area contributed by atoms with Gasteiger partial charge in [0.2, 0.25) is 5.91 Å². The second-order valence-corrected chi connectivity index (χ2v) is 6.72. The molecule has 1 aromatic heterocycles. The molecule has 140 valence electrons. The molecule has 1 amide bonds. The SMILES string of the molecule is CCCc1cc(=O)[nH]c(SCC(=O)Nc2cc(Cl)ccc2C(F)(F)F)n1. The van der Waals surface area contributed by atoms with Gasteiger partial charge in [0.1, 0.15) is 0 Å². The average molecular weight is 406 g/mol. The molecule has 0 aliphatic rings. The molecule has 0 aliphatic heterocycles. The number of hydrogen-bond donors (Lipinski definition) is 2. The van der Waals surface area contributed by atoms with Crippen LogP contribution in [0.4, 0.5) is 18.9 Å². The Kier molecular flexibility index (Phi) is 6.71. The maximum atomic E-state index is 13.0. The van der Waals surface area contributed by atoms with Crippen LogP contribution in [0.5, 0.6) is 0 Å². The van der Waals surface area contributed by atoms with Crippen LogP contribution in [-0.2, 0) is 17.4 Å². The molecule has 0 fully saturated rings. The molecule has 0 bridgehead atoms. The van der Waals surface area contributed by atoms with Crippen LogP contribution >= 0.6 is 23.4 Å². The van der Waals surface area contributed by atoms with Crippen LogP contribution in [0.25, 0.3) is 0 Å². The molecule has 5 nitrogen and oxygen atoms in total. The van der Waals surface area contributed by atoms with Gasteiger partial charge in [-0.15, -0.1) is 0 Å². The Morgan fingerprint density at radius 1 is 1.35 bits per heavy atom. The monoisotopic (exact) mass is 405 g/mol. The first-order chi connectivity index (χ1) is 12.2. The number of nitrogens with zero attached hydrogens (tertiary/aromatic N) is 1. The normalized spacial score (nSPS) is 11.4. The summed E-state index contributed by atoms with van der Waals surface area (Å²) in [6.07, 6.45) is -3.21. The van der Waals surface area contributed by atoms with Gasteiger partial charge in [0.15, 0.2) is 5.16 Å². The predicted octanol–water partition coefficient (Wildman–Crippen LogP) is 4.13. The molecule has 2 N–H and O–H groups in total. The fraction of sp³-hybridized carbons (Fsp3) is 0.312. The maximum Gasteiger partial charge on any atom is 0.418 e. The fourth-order valence-electron chi connectivity index (χ4n) is 2.12. The van der Waals surface area contributed by atoms with Gasteiger partial charge < -0.3 is 10.3 Å². The first-order valence-electron chi connectivity index (χ1n) is 7.58. The molecule has 0 saturated heterocycles. The number of anilines is 1. The third-order valence-electron chi connectivity index (χ3n) is 3.18. The standard InChI is InChI=1S/C16H15ClF3N3O2S/c1-2-3-10-7-13(24)23-15(21-10)26-8-14(25)22-12-6-9(17)4-5-11(12)16(18,19)20/h4-7H,2-3,8H2,1H3,(H,22,25)(H,21,23,24). The zero-order chi connectivity index (χ0) is 19.3. The van der Waals surface area contributed by atoms with E-state index >= 15 is 0 Å². The molecule has 1 heterocycles. The first kappa shape index (κ1) is 20.3. The summed E-state index contributed by atoms with van der Waals surface area (Å²) < 4.78 is 39.0. The largest absolute Gasteiger partial charge is 0.418 e. The molecule has 10 heteroatoms. The van der Waals surface area contributed by atoms with Gasteiger partial charge in [-0.3, -0.25) is 9.59 Å². The Labute approximate surface area is 156 Å². The van der Waals surface area contributed by atoms with Gasteiger partial charge in [0.25, 0.3) is 5.56 Å². The van der Waals surface area contributed by atoms with E-state index in [1.54, 1.807) is 0 Å². The van der Waals surface area contributed by atoms with Crippen LogP contribution < -0.4 is 10.9 Å². The van der Waals surface area contributed by atoms with E-state index < -0.39 is 23.3 Å². The van der Waals surface area contributed by atoms with Crippen molar-refractivity contribution < 1.29 is 18.0 Å². The van der Waals surface area contributed by atoms with Gasteiger partial charge in [-0.2, -0.15) is 13.2 Å².